The first-order chi connectivity index (χ1) is 16.2. The van der Waals surface area contributed by atoms with Gasteiger partial charge in [-0.05, 0) is 58.7 Å². The topological polar surface area (TPSA) is 99.3 Å². The first kappa shape index (κ1) is 24.2. The lowest BCUT2D eigenvalue weighted by molar-refractivity contribution is -0.130. The molecule has 4 rings (SSSR count). The van der Waals surface area contributed by atoms with Crippen LogP contribution in [-0.4, -0.2) is 72.4 Å². The van der Waals surface area contributed by atoms with Gasteiger partial charge in [-0.15, -0.1) is 0 Å². The largest absolute Gasteiger partial charge is 0.413 e. The predicted molar refractivity (Wildman–Crippen MR) is 131 cm³/mol. The predicted octanol–water partition coefficient (Wildman–Crippen LogP) is 3.02. The molecule has 2 aliphatic rings. The molecule has 0 spiro atoms. The highest BCUT2D eigenvalue weighted by Gasteiger charge is 2.33. The maximum absolute atomic E-state index is 13.0. The zero-order valence-electron chi connectivity index (χ0n) is 18.9. The Morgan fingerprint density at radius 3 is 2.41 bits per heavy atom. The number of aryl methyl sites for hydroxylation is 1. The Labute approximate surface area is 209 Å². The van der Waals surface area contributed by atoms with Crippen LogP contribution in [0.15, 0.2) is 34.1 Å². The van der Waals surface area contributed by atoms with Crippen molar-refractivity contribution in [2.75, 3.05) is 37.6 Å². The first-order valence-corrected chi connectivity index (χ1v) is 12.5. The van der Waals surface area contributed by atoms with Crippen LogP contribution in [0.2, 0.25) is 0 Å². The Bertz CT molecular complexity index is 1130. The molecule has 2 aliphatic heterocycles. The molecule has 34 heavy (non-hydrogen) atoms. The molecular formula is C23H25BrN4O5S. The summed E-state index contributed by atoms with van der Waals surface area (Å²) in [6.45, 7) is 5.75. The van der Waals surface area contributed by atoms with Crippen LogP contribution in [0.3, 0.4) is 0 Å². The van der Waals surface area contributed by atoms with Crippen molar-refractivity contribution >= 4 is 56.8 Å². The number of ether oxygens (including phenoxy) is 1. The van der Waals surface area contributed by atoms with Gasteiger partial charge in [0.15, 0.2) is 5.06 Å². The molecule has 1 aromatic carbocycles. The lowest BCUT2D eigenvalue weighted by atomic mass is 10.1. The molecule has 180 valence electrons. The number of anilines is 1. The number of benzene rings is 1. The van der Waals surface area contributed by atoms with Crippen molar-refractivity contribution in [3.63, 3.8) is 0 Å². The zero-order chi connectivity index (χ0) is 24.4. The van der Waals surface area contributed by atoms with Gasteiger partial charge in [0, 0.05) is 57.3 Å². The van der Waals surface area contributed by atoms with E-state index in [1.54, 1.807) is 39.0 Å². The van der Waals surface area contributed by atoms with Crippen molar-refractivity contribution in [2.45, 2.75) is 26.3 Å². The zero-order valence-corrected chi connectivity index (χ0v) is 21.3. The van der Waals surface area contributed by atoms with Crippen LogP contribution in [0.1, 0.15) is 29.3 Å². The molecule has 3 heterocycles. The van der Waals surface area contributed by atoms with Crippen molar-refractivity contribution in [1.29, 1.82) is 0 Å². The van der Waals surface area contributed by atoms with Crippen molar-refractivity contribution in [2.24, 2.45) is 0 Å². The fourth-order valence-corrected chi connectivity index (χ4v) is 5.34. The van der Waals surface area contributed by atoms with E-state index in [0.29, 0.717) is 49.0 Å². The summed E-state index contributed by atoms with van der Waals surface area (Å²) in [6, 6.07) is 8.42. The van der Waals surface area contributed by atoms with E-state index in [2.05, 4.69) is 21.2 Å². The maximum atomic E-state index is 13.0. The number of rotatable bonds is 4. The third-order valence-electron chi connectivity index (χ3n) is 5.95. The number of halogens is 1. The molecule has 11 heteroatoms. The molecule has 0 aliphatic carbocycles. The van der Waals surface area contributed by atoms with Crippen LogP contribution in [-0.2, 0) is 9.59 Å². The van der Waals surface area contributed by atoms with Crippen molar-refractivity contribution in [3.05, 3.63) is 45.2 Å². The quantitative estimate of drug-likeness (QED) is 0.633. The third kappa shape index (κ3) is 5.41. The molecule has 0 saturated carbocycles. The SMILES string of the molecule is CC(=O)N1CCN(C(=O)c2ccc(N3CC(NC(=O)Oc4ccc(Br)s4)CC3=O)cc2C)CC1. The second-order valence-electron chi connectivity index (χ2n) is 8.30. The van der Waals surface area contributed by atoms with Crippen LogP contribution >= 0.6 is 27.3 Å². The number of amides is 4. The molecule has 1 N–H and O–H groups in total. The van der Waals surface area contributed by atoms with Gasteiger partial charge < -0.3 is 24.8 Å². The fraction of sp³-hybridized carbons (Fsp3) is 0.391. The van der Waals surface area contributed by atoms with E-state index in [9.17, 15) is 19.2 Å². The molecule has 2 fully saturated rings. The van der Waals surface area contributed by atoms with Gasteiger partial charge in [-0.3, -0.25) is 14.4 Å². The summed E-state index contributed by atoms with van der Waals surface area (Å²) in [4.78, 5) is 54.4. The molecule has 9 nitrogen and oxygen atoms in total. The summed E-state index contributed by atoms with van der Waals surface area (Å²) in [7, 11) is 0. The number of hydrogen-bond donors (Lipinski definition) is 1. The van der Waals surface area contributed by atoms with Gasteiger partial charge in [-0.2, -0.15) is 0 Å². The van der Waals surface area contributed by atoms with Gasteiger partial charge in [0.05, 0.1) is 9.83 Å². The Balaban J connectivity index is 1.36. The smallest absolute Gasteiger partial charge is 0.399 e. The van der Waals surface area contributed by atoms with Crippen LogP contribution < -0.4 is 15.0 Å². The summed E-state index contributed by atoms with van der Waals surface area (Å²) >= 11 is 4.62. The van der Waals surface area contributed by atoms with Gasteiger partial charge in [-0.1, -0.05) is 11.3 Å². The van der Waals surface area contributed by atoms with Crippen LogP contribution in [0.25, 0.3) is 0 Å². The van der Waals surface area contributed by atoms with Crippen LogP contribution in [0.5, 0.6) is 5.06 Å². The van der Waals surface area contributed by atoms with Gasteiger partial charge >= 0.3 is 6.09 Å². The second-order valence-corrected chi connectivity index (χ2v) is 10.7. The van der Waals surface area contributed by atoms with Crippen molar-refractivity contribution < 1.29 is 23.9 Å². The molecule has 0 radical (unpaired) electrons. The Hall–Kier alpha value is -2.92. The Morgan fingerprint density at radius 2 is 1.79 bits per heavy atom. The number of carbonyl (C=O) groups is 4. The molecule has 0 bridgehead atoms. The Kier molecular flexibility index (Phi) is 7.22. The van der Waals surface area contributed by atoms with Gasteiger partial charge in [0.2, 0.25) is 11.8 Å². The number of carbonyl (C=O) groups excluding carboxylic acids is 4. The van der Waals surface area contributed by atoms with Gasteiger partial charge in [0.25, 0.3) is 5.91 Å². The minimum absolute atomic E-state index is 0.0172. The van der Waals surface area contributed by atoms with E-state index in [4.69, 9.17) is 4.74 Å². The Morgan fingerprint density at radius 1 is 1.09 bits per heavy atom. The molecule has 1 atom stereocenters. The van der Waals surface area contributed by atoms with Gasteiger partial charge in [0.1, 0.15) is 0 Å². The van der Waals surface area contributed by atoms with Crippen molar-refractivity contribution in [1.82, 2.24) is 15.1 Å². The van der Waals surface area contributed by atoms with E-state index in [1.165, 1.54) is 18.3 Å². The lowest BCUT2D eigenvalue weighted by Crippen LogP contribution is -2.50. The molecule has 1 aromatic heterocycles. The monoisotopic (exact) mass is 548 g/mol. The molecule has 2 aromatic rings. The second kappa shape index (κ2) is 10.1. The average molecular weight is 549 g/mol. The average Bonchev–Trinajstić information content (AvgIpc) is 3.37. The molecule has 2 saturated heterocycles. The first-order valence-electron chi connectivity index (χ1n) is 10.9. The van der Waals surface area contributed by atoms with Gasteiger partial charge in [-0.25, -0.2) is 4.79 Å². The van der Waals surface area contributed by atoms with E-state index in [-0.39, 0.29) is 30.2 Å². The fourth-order valence-electron chi connectivity index (χ4n) is 4.14. The minimum Gasteiger partial charge on any atom is -0.399 e. The number of nitrogens with one attached hydrogen (secondary N) is 1. The standard InChI is InChI=1S/C23H25BrN4O5S/c1-14-11-17(3-4-18(14)22(31)27-9-7-26(8-10-27)15(2)29)28-13-16(12-20(28)30)25-23(32)33-21-6-5-19(24)34-21/h3-6,11,16H,7-10,12-13H2,1-2H3,(H,25,32). The molecule has 1 unspecified atom stereocenters. The lowest BCUT2D eigenvalue weighted by Gasteiger charge is -2.34. The summed E-state index contributed by atoms with van der Waals surface area (Å²) < 4.78 is 6.11. The number of piperazine rings is 1. The van der Waals surface area contributed by atoms with Crippen molar-refractivity contribution in [3.8, 4) is 5.06 Å². The van der Waals surface area contributed by atoms with E-state index < -0.39 is 6.09 Å². The van der Waals surface area contributed by atoms with E-state index in [0.717, 1.165) is 9.35 Å². The van der Waals surface area contributed by atoms with Crippen LogP contribution in [0.4, 0.5) is 10.5 Å². The number of hydrogen-bond acceptors (Lipinski definition) is 6. The maximum Gasteiger partial charge on any atom is 0.413 e. The number of thiophene rings is 1. The minimum atomic E-state index is -0.601. The summed E-state index contributed by atoms with van der Waals surface area (Å²) in [5, 5.41) is 3.21. The molecular weight excluding hydrogens is 524 g/mol. The highest BCUT2D eigenvalue weighted by Crippen LogP contribution is 2.29. The molecule has 4 amide bonds. The summed E-state index contributed by atoms with van der Waals surface area (Å²) in [6.07, 6.45) is -0.431. The third-order valence-corrected chi connectivity index (χ3v) is 7.45. The van der Waals surface area contributed by atoms with E-state index >= 15 is 0 Å². The summed E-state index contributed by atoms with van der Waals surface area (Å²) in [5.74, 6) is -0.172. The highest BCUT2D eigenvalue weighted by molar-refractivity contribution is 9.11. The highest BCUT2D eigenvalue weighted by atomic mass is 79.9. The summed E-state index contributed by atoms with van der Waals surface area (Å²) in [5.41, 5.74) is 2.02. The normalized spacial score (nSPS) is 18.3. The van der Waals surface area contributed by atoms with E-state index in [1.807, 2.05) is 13.0 Å². The number of nitrogens with zero attached hydrogens (tertiary/aromatic N) is 3. The van der Waals surface area contributed by atoms with Crippen LogP contribution in [0, 0.1) is 6.92 Å².